The van der Waals surface area contributed by atoms with Crippen LogP contribution in [0, 0.1) is 0 Å². The van der Waals surface area contributed by atoms with Crippen LogP contribution >= 0.6 is 24.0 Å². The third-order valence-corrected chi connectivity index (χ3v) is 4.50. The van der Waals surface area contributed by atoms with Gasteiger partial charge in [0.05, 0.1) is 6.54 Å². The summed E-state index contributed by atoms with van der Waals surface area (Å²) in [6.45, 7) is 5.40. The minimum Gasteiger partial charge on any atom is -0.353 e. The van der Waals surface area contributed by atoms with Crippen molar-refractivity contribution >= 4 is 35.8 Å². The molecule has 7 nitrogen and oxygen atoms in total. The Bertz CT molecular complexity index is 563. The molecular formula is C17H31IN6O. The Hall–Kier alpha value is -1.29. The van der Waals surface area contributed by atoms with E-state index in [2.05, 4.69) is 30.7 Å². The molecule has 0 saturated carbocycles. The van der Waals surface area contributed by atoms with Crippen molar-refractivity contribution in [2.75, 3.05) is 53.9 Å². The maximum absolute atomic E-state index is 11.7. The molecule has 0 radical (unpaired) electrons. The molecule has 1 aromatic heterocycles. The van der Waals surface area contributed by atoms with Gasteiger partial charge < -0.3 is 19.7 Å². The van der Waals surface area contributed by atoms with Gasteiger partial charge >= 0.3 is 0 Å². The second-order valence-corrected chi connectivity index (χ2v) is 6.38. The number of halogens is 1. The van der Waals surface area contributed by atoms with Crippen molar-refractivity contribution < 1.29 is 4.79 Å². The SMILES string of the molecule is CN=C(NCc1cccn1C)N1CCN(CCC(=O)N(C)C)CC1.I. The van der Waals surface area contributed by atoms with Crippen molar-refractivity contribution in [3.63, 3.8) is 0 Å². The third kappa shape index (κ3) is 6.50. The molecule has 1 amide bonds. The Balaban J connectivity index is 0.00000312. The summed E-state index contributed by atoms with van der Waals surface area (Å²) in [5.41, 5.74) is 1.23. The topological polar surface area (TPSA) is 56.1 Å². The summed E-state index contributed by atoms with van der Waals surface area (Å²) in [5.74, 6) is 1.14. The zero-order valence-corrected chi connectivity index (χ0v) is 18.1. The average molecular weight is 462 g/mol. The molecule has 0 aliphatic carbocycles. The quantitative estimate of drug-likeness (QED) is 0.400. The molecule has 0 atom stereocenters. The number of nitrogens with one attached hydrogen (secondary N) is 1. The Labute approximate surface area is 168 Å². The van der Waals surface area contributed by atoms with Crippen LogP contribution in [-0.2, 0) is 18.4 Å². The van der Waals surface area contributed by atoms with Crippen molar-refractivity contribution in [3.8, 4) is 0 Å². The molecule has 2 rings (SSSR count). The summed E-state index contributed by atoms with van der Waals surface area (Å²) in [5, 5.41) is 3.44. The standard InChI is InChI=1S/C17H30N6O.HI/c1-18-17(19-14-15-6-5-8-21(15)4)23-12-10-22(11-13-23)9-7-16(24)20(2)3;/h5-6,8H,7,9-14H2,1-4H3,(H,18,19);1H. The first-order valence-corrected chi connectivity index (χ1v) is 8.49. The lowest BCUT2D eigenvalue weighted by Crippen LogP contribution is -2.52. The molecule has 1 fully saturated rings. The monoisotopic (exact) mass is 462 g/mol. The van der Waals surface area contributed by atoms with Crippen LogP contribution in [0.4, 0.5) is 0 Å². The number of aromatic nitrogens is 1. The minimum absolute atomic E-state index is 0. The fourth-order valence-corrected chi connectivity index (χ4v) is 2.84. The summed E-state index contributed by atoms with van der Waals surface area (Å²) < 4.78 is 2.11. The van der Waals surface area contributed by atoms with Crippen molar-refractivity contribution in [3.05, 3.63) is 24.0 Å². The number of amides is 1. The first kappa shape index (κ1) is 21.8. The number of hydrogen-bond donors (Lipinski definition) is 1. The number of carbonyl (C=O) groups excluding carboxylic acids is 1. The van der Waals surface area contributed by atoms with Crippen LogP contribution in [0.15, 0.2) is 23.3 Å². The van der Waals surface area contributed by atoms with E-state index in [9.17, 15) is 4.79 Å². The first-order chi connectivity index (χ1) is 11.5. The lowest BCUT2D eigenvalue weighted by atomic mass is 10.3. The Morgan fingerprint density at radius 1 is 1.28 bits per heavy atom. The zero-order chi connectivity index (χ0) is 17.5. The third-order valence-electron chi connectivity index (χ3n) is 4.50. The van der Waals surface area contributed by atoms with E-state index >= 15 is 0 Å². The van der Waals surface area contributed by atoms with Gasteiger partial charge in [0.1, 0.15) is 0 Å². The van der Waals surface area contributed by atoms with Crippen LogP contribution in [0.1, 0.15) is 12.1 Å². The Morgan fingerprint density at radius 3 is 2.48 bits per heavy atom. The van der Waals surface area contributed by atoms with E-state index in [1.54, 1.807) is 4.90 Å². The van der Waals surface area contributed by atoms with E-state index < -0.39 is 0 Å². The lowest BCUT2D eigenvalue weighted by molar-refractivity contribution is -0.129. The van der Waals surface area contributed by atoms with Gasteiger partial charge in [-0.1, -0.05) is 0 Å². The molecule has 1 aliphatic rings. The van der Waals surface area contributed by atoms with Crippen molar-refractivity contribution in [2.24, 2.45) is 12.0 Å². The van der Waals surface area contributed by atoms with Gasteiger partial charge in [-0.3, -0.25) is 14.7 Å². The second kappa shape index (κ2) is 10.6. The largest absolute Gasteiger partial charge is 0.353 e. The fourth-order valence-electron chi connectivity index (χ4n) is 2.84. The normalized spacial score (nSPS) is 15.7. The van der Waals surface area contributed by atoms with Gasteiger partial charge in [-0.15, -0.1) is 24.0 Å². The van der Waals surface area contributed by atoms with E-state index in [1.165, 1.54) is 5.69 Å². The van der Waals surface area contributed by atoms with Crippen LogP contribution in [0.5, 0.6) is 0 Å². The van der Waals surface area contributed by atoms with E-state index in [-0.39, 0.29) is 29.9 Å². The highest BCUT2D eigenvalue weighted by Crippen LogP contribution is 2.05. The number of guanidine groups is 1. The van der Waals surface area contributed by atoms with Gasteiger partial charge in [0.25, 0.3) is 0 Å². The summed E-state index contributed by atoms with van der Waals surface area (Å²) in [4.78, 5) is 22.4. The number of nitrogens with zero attached hydrogens (tertiary/aromatic N) is 5. The zero-order valence-electron chi connectivity index (χ0n) is 15.7. The Morgan fingerprint density at radius 2 is 1.96 bits per heavy atom. The molecular weight excluding hydrogens is 431 g/mol. The van der Waals surface area contributed by atoms with E-state index in [4.69, 9.17) is 0 Å². The van der Waals surface area contributed by atoms with Gasteiger partial charge in [0.2, 0.25) is 5.91 Å². The fraction of sp³-hybridized carbons (Fsp3) is 0.647. The molecule has 1 saturated heterocycles. The highest BCUT2D eigenvalue weighted by atomic mass is 127. The van der Waals surface area contributed by atoms with Gasteiger partial charge in [-0.25, -0.2) is 0 Å². The van der Waals surface area contributed by atoms with Gasteiger partial charge in [-0.05, 0) is 12.1 Å². The minimum atomic E-state index is 0. The highest BCUT2D eigenvalue weighted by Gasteiger charge is 2.20. The predicted octanol–water partition coefficient (Wildman–Crippen LogP) is 0.814. The number of rotatable bonds is 5. The number of aryl methyl sites for hydroxylation is 1. The summed E-state index contributed by atoms with van der Waals surface area (Å²) >= 11 is 0. The maximum Gasteiger partial charge on any atom is 0.223 e. The van der Waals surface area contributed by atoms with Crippen molar-refractivity contribution in [1.29, 1.82) is 0 Å². The predicted molar refractivity (Wildman–Crippen MR) is 112 cm³/mol. The first-order valence-electron chi connectivity index (χ1n) is 8.49. The molecule has 142 valence electrons. The van der Waals surface area contributed by atoms with E-state index in [1.807, 2.05) is 40.5 Å². The number of piperazine rings is 1. The van der Waals surface area contributed by atoms with Crippen LogP contribution in [0.25, 0.3) is 0 Å². The Kier molecular flexibility index (Phi) is 9.26. The number of aliphatic imine (C=N–C) groups is 1. The number of hydrogen-bond acceptors (Lipinski definition) is 3. The van der Waals surface area contributed by atoms with Crippen LogP contribution in [0.3, 0.4) is 0 Å². The molecule has 2 heterocycles. The molecule has 1 N–H and O–H groups in total. The summed E-state index contributed by atoms with van der Waals surface area (Å²) in [7, 11) is 7.49. The van der Waals surface area contributed by atoms with Gasteiger partial charge in [-0.2, -0.15) is 0 Å². The average Bonchev–Trinajstić information content (AvgIpc) is 2.99. The van der Waals surface area contributed by atoms with Crippen molar-refractivity contribution in [2.45, 2.75) is 13.0 Å². The molecule has 0 spiro atoms. The maximum atomic E-state index is 11.7. The molecule has 8 heteroatoms. The van der Waals surface area contributed by atoms with Crippen LogP contribution in [0.2, 0.25) is 0 Å². The van der Waals surface area contributed by atoms with Crippen molar-refractivity contribution in [1.82, 2.24) is 24.6 Å². The highest BCUT2D eigenvalue weighted by molar-refractivity contribution is 14.0. The summed E-state index contributed by atoms with van der Waals surface area (Å²) in [6.07, 6.45) is 2.64. The molecule has 0 aromatic carbocycles. The van der Waals surface area contributed by atoms with Gasteiger partial charge in [0, 0.05) is 79.2 Å². The van der Waals surface area contributed by atoms with Crippen LogP contribution < -0.4 is 5.32 Å². The lowest BCUT2D eigenvalue weighted by Gasteiger charge is -2.36. The summed E-state index contributed by atoms with van der Waals surface area (Å²) in [6, 6.07) is 4.16. The van der Waals surface area contributed by atoms with Crippen LogP contribution in [-0.4, -0.2) is 85.0 Å². The molecule has 25 heavy (non-hydrogen) atoms. The second-order valence-electron chi connectivity index (χ2n) is 6.38. The smallest absolute Gasteiger partial charge is 0.223 e. The van der Waals surface area contributed by atoms with E-state index in [0.29, 0.717) is 6.42 Å². The molecule has 0 unspecified atom stereocenters. The number of carbonyl (C=O) groups is 1. The molecule has 1 aromatic rings. The molecule has 0 bridgehead atoms. The molecule has 1 aliphatic heterocycles. The van der Waals surface area contributed by atoms with E-state index in [0.717, 1.165) is 45.2 Å². The van der Waals surface area contributed by atoms with Gasteiger partial charge in [0.15, 0.2) is 5.96 Å².